The van der Waals surface area contributed by atoms with Crippen LogP contribution in [0.5, 0.6) is 11.6 Å². The van der Waals surface area contributed by atoms with Crippen molar-refractivity contribution in [2.24, 2.45) is 0 Å². The van der Waals surface area contributed by atoms with Crippen LogP contribution in [-0.4, -0.2) is 52.7 Å². The minimum absolute atomic E-state index is 0.0280. The SMILES string of the molecule is CN(CCCCCC1CCSS1)CCOc1ccc(Cc2sc(=O)[nH]c2O)cc1. The van der Waals surface area contributed by atoms with Crippen LogP contribution < -0.4 is 9.61 Å². The number of nitrogens with one attached hydrogen (secondary N) is 1. The topological polar surface area (TPSA) is 65.6 Å². The molecule has 0 radical (unpaired) electrons. The van der Waals surface area contributed by atoms with Gasteiger partial charge in [-0.2, -0.15) is 0 Å². The summed E-state index contributed by atoms with van der Waals surface area (Å²) in [7, 11) is 6.27. The van der Waals surface area contributed by atoms with Crippen molar-refractivity contribution in [1.82, 2.24) is 9.88 Å². The number of benzene rings is 1. The van der Waals surface area contributed by atoms with Crippen LogP contribution in [0.3, 0.4) is 0 Å². The Labute approximate surface area is 184 Å². The molecule has 5 nitrogen and oxygen atoms in total. The molecular weight excluding hydrogens is 424 g/mol. The van der Waals surface area contributed by atoms with Gasteiger partial charge in [0.1, 0.15) is 12.4 Å². The lowest BCUT2D eigenvalue weighted by Gasteiger charge is -2.17. The molecule has 2 N–H and O–H groups in total. The van der Waals surface area contributed by atoms with Gasteiger partial charge < -0.3 is 14.7 Å². The third-order valence-corrected chi connectivity index (χ3v) is 8.90. The van der Waals surface area contributed by atoms with E-state index in [0.717, 1.165) is 41.0 Å². The van der Waals surface area contributed by atoms with Crippen molar-refractivity contribution in [2.45, 2.75) is 43.8 Å². The van der Waals surface area contributed by atoms with Gasteiger partial charge in [-0.15, -0.1) is 0 Å². The molecule has 0 aliphatic carbocycles. The third kappa shape index (κ3) is 7.92. The highest BCUT2D eigenvalue weighted by atomic mass is 33.1. The minimum Gasteiger partial charge on any atom is -0.494 e. The highest BCUT2D eigenvalue weighted by Crippen LogP contribution is 2.39. The molecule has 1 aromatic carbocycles. The molecule has 0 bridgehead atoms. The van der Waals surface area contributed by atoms with Crippen molar-refractivity contribution in [1.29, 1.82) is 0 Å². The molecule has 0 amide bonds. The molecule has 29 heavy (non-hydrogen) atoms. The van der Waals surface area contributed by atoms with Crippen molar-refractivity contribution in [3.8, 4) is 11.6 Å². The standard InChI is InChI=1S/C21H30N2O3S3/c1-23(11-4-2-3-5-18-10-14-27-29-18)12-13-26-17-8-6-16(7-9-17)15-19-20(24)22-21(25)28-19/h6-9,18,24H,2-5,10-15H2,1H3,(H,22,25). The van der Waals surface area contributed by atoms with Gasteiger partial charge in [0.15, 0.2) is 0 Å². The van der Waals surface area contributed by atoms with Crippen LogP contribution in [0.15, 0.2) is 29.1 Å². The number of likely N-dealkylation sites (N-methyl/N-ethyl adjacent to an activating group) is 1. The second-order valence-electron chi connectivity index (χ2n) is 7.44. The molecule has 1 aliphatic heterocycles. The van der Waals surface area contributed by atoms with Gasteiger partial charge >= 0.3 is 4.87 Å². The maximum Gasteiger partial charge on any atom is 0.307 e. The second-order valence-corrected chi connectivity index (χ2v) is 11.3. The minimum atomic E-state index is -0.228. The number of ether oxygens (including phenoxy) is 1. The molecule has 3 rings (SSSR count). The number of aromatic hydroxyl groups is 1. The fourth-order valence-corrected chi connectivity index (χ4v) is 7.07. The highest BCUT2D eigenvalue weighted by molar-refractivity contribution is 8.77. The monoisotopic (exact) mass is 454 g/mol. The first kappa shape index (κ1) is 22.6. The van der Waals surface area contributed by atoms with Crippen LogP contribution in [-0.2, 0) is 6.42 Å². The van der Waals surface area contributed by atoms with E-state index < -0.39 is 0 Å². The van der Waals surface area contributed by atoms with E-state index in [1.54, 1.807) is 0 Å². The molecule has 0 saturated carbocycles. The van der Waals surface area contributed by atoms with Crippen molar-refractivity contribution >= 4 is 32.9 Å². The van der Waals surface area contributed by atoms with Gasteiger partial charge in [0.25, 0.3) is 0 Å². The van der Waals surface area contributed by atoms with Crippen molar-refractivity contribution in [3.63, 3.8) is 0 Å². The van der Waals surface area contributed by atoms with Gasteiger partial charge in [-0.1, -0.05) is 57.9 Å². The zero-order valence-electron chi connectivity index (χ0n) is 16.9. The lowest BCUT2D eigenvalue weighted by Crippen LogP contribution is -2.25. The van der Waals surface area contributed by atoms with Gasteiger partial charge in [-0.3, -0.25) is 9.78 Å². The Morgan fingerprint density at radius 1 is 1.21 bits per heavy atom. The first-order chi connectivity index (χ1) is 14.1. The normalized spacial score (nSPS) is 16.6. The molecule has 0 spiro atoms. The number of nitrogens with zero attached hydrogens (tertiary/aromatic N) is 1. The summed E-state index contributed by atoms with van der Waals surface area (Å²) < 4.78 is 5.85. The molecule has 1 unspecified atom stereocenters. The smallest absolute Gasteiger partial charge is 0.307 e. The fourth-order valence-electron chi connectivity index (χ4n) is 3.29. The summed E-state index contributed by atoms with van der Waals surface area (Å²) in [5.41, 5.74) is 1.04. The van der Waals surface area contributed by atoms with Crippen LogP contribution in [0.1, 0.15) is 42.5 Å². The Balaban J connectivity index is 1.27. The number of unbranched alkanes of at least 4 members (excludes halogenated alkanes) is 2. The quantitative estimate of drug-likeness (QED) is 0.356. The lowest BCUT2D eigenvalue weighted by molar-refractivity contribution is 0.234. The number of aromatic nitrogens is 1. The van der Waals surface area contributed by atoms with Gasteiger partial charge in [0.2, 0.25) is 5.88 Å². The van der Waals surface area contributed by atoms with Gasteiger partial charge in [-0.05, 0) is 50.6 Å². The van der Waals surface area contributed by atoms with E-state index in [-0.39, 0.29) is 10.8 Å². The molecule has 1 atom stereocenters. The van der Waals surface area contributed by atoms with Crippen LogP contribution in [0.25, 0.3) is 0 Å². The predicted octanol–water partition coefficient (Wildman–Crippen LogP) is 4.76. The van der Waals surface area contributed by atoms with Crippen molar-refractivity contribution in [3.05, 3.63) is 44.4 Å². The predicted molar refractivity (Wildman–Crippen MR) is 126 cm³/mol. The first-order valence-corrected chi connectivity index (χ1v) is 13.4. The number of rotatable bonds is 12. The van der Waals surface area contributed by atoms with Crippen molar-refractivity contribution < 1.29 is 9.84 Å². The summed E-state index contributed by atoms with van der Waals surface area (Å²) in [5, 5.41) is 10.6. The third-order valence-electron chi connectivity index (χ3n) is 5.02. The molecule has 1 aliphatic rings. The van der Waals surface area contributed by atoms with Crippen LogP contribution in [0.4, 0.5) is 0 Å². The Hall–Kier alpha value is -1.09. The van der Waals surface area contributed by atoms with Gasteiger partial charge in [-0.25, -0.2) is 0 Å². The van der Waals surface area contributed by atoms with Crippen LogP contribution in [0.2, 0.25) is 0 Å². The second kappa shape index (κ2) is 11.9. The molecular formula is C21H30N2O3S3. The van der Waals surface area contributed by atoms with E-state index in [2.05, 4.69) is 27.7 Å². The number of aromatic amines is 1. The summed E-state index contributed by atoms with van der Waals surface area (Å²) in [6, 6.07) is 7.84. The van der Waals surface area contributed by atoms with E-state index in [9.17, 15) is 9.90 Å². The van der Waals surface area contributed by atoms with Crippen LogP contribution >= 0.6 is 32.9 Å². The van der Waals surface area contributed by atoms with E-state index >= 15 is 0 Å². The molecule has 1 aromatic heterocycles. The number of H-pyrrole nitrogens is 1. The highest BCUT2D eigenvalue weighted by Gasteiger charge is 2.15. The Morgan fingerprint density at radius 2 is 2.03 bits per heavy atom. The number of hydrogen-bond acceptors (Lipinski definition) is 7. The van der Waals surface area contributed by atoms with Crippen molar-refractivity contribution in [2.75, 3.05) is 32.5 Å². The maximum absolute atomic E-state index is 11.3. The Morgan fingerprint density at radius 3 is 2.72 bits per heavy atom. The Bertz CT molecular complexity index is 785. The lowest BCUT2D eigenvalue weighted by atomic mass is 10.1. The summed E-state index contributed by atoms with van der Waals surface area (Å²) in [4.78, 5) is 16.4. The molecule has 1 saturated heterocycles. The summed E-state index contributed by atoms with van der Waals surface area (Å²) in [5.74, 6) is 2.15. The average Bonchev–Trinajstić information content (AvgIpc) is 3.32. The summed E-state index contributed by atoms with van der Waals surface area (Å²) in [6.45, 7) is 2.71. The molecule has 8 heteroatoms. The summed E-state index contributed by atoms with van der Waals surface area (Å²) >= 11 is 1.05. The summed E-state index contributed by atoms with van der Waals surface area (Å²) in [6.07, 6.45) is 7.24. The number of hydrogen-bond donors (Lipinski definition) is 2. The Kier molecular flexibility index (Phi) is 9.30. The van der Waals surface area contributed by atoms with Gasteiger partial charge in [0, 0.05) is 24.0 Å². The largest absolute Gasteiger partial charge is 0.494 e. The molecule has 160 valence electrons. The molecule has 1 fully saturated rings. The number of thiazole rings is 1. The van der Waals surface area contributed by atoms with Gasteiger partial charge in [0.05, 0.1) is 4.88 Å². The maximum atomic E-state index is 11.3. The zero-order chi connectivity index (χ0) is 20.5. The molecule has 2 heterocycles. The fraction of sp³-hybridized carbons (Fsp3) is 0.571. The van der Waals surface area contributed by atoms with E-state index in [4.69, 9.17) is 4.74 Å². The average molecular weight is 455 g/mol. The first-order valence-electron chi connectivity index (χ1n) is 10.2. The zero-order valence-corrected chi connectivity index (χ0v) is 19.3. The van der Waals surface area contributed by atoms with Crippen LogP contribution in [0, 0.1) is 0 Å². The van der Waals surface area contributed by atoms with E-state index in [0.29, 0.717) is 17.9 Å². The molecule has 2 aromatic rings. The van der Waals surface area contributed by atoms with E-state index in [1.165, 1.54) is 37.9 Å². The van der Waals surface area contributed by atoms with E-state index in [1.807, 2.05) is 35.1 Å².